The Morgan fingerprint density at radius 2 is 1.82 bits per heavy atom. The number of morpholine rings is 1. The van der Waals surface area contributed by atoms with Crippen molar-refractivity contribution in [2.45, 2.75) is 33.6 Å². The van der Waals surface area contributed by atoms with Crippen LogP contribution in [0.15, 0.2) is 47.0 Å². The van der Waals surface area contributed by atoms with E-state index in [1.54, 1.807) is 48.4 Å². The Bertz CT molecular complexity index is 1170. The Balaban J connectivity index is 1.76. The number of amides is 2. The van der Waals surface area contributed by atoms with Gasteiger partial charge in [0.25, 0.3) is 0 Å². The molecule has 1 aliphatic rings. The first-order valence-corrected chi connectivity index (χ1v) is 12.6. The van der Waals surface area contributed by atoms with E-state index < -0.39 is 11.7 Å². The molecule has 0 bridgehead atoms. The van der Waals surface area contributed by atoms with Crippen molar-refractivity contribution >= 4 is 40.8 Å². The van der Waals surface area contributed by atoms with Crippen LogP contribution in [-0.2, 0) is 14.3 Å². The third kappa shape index (κ3) is 7.87. The summed E-state index contributed by atoms with van der Waals surface area (Å²) in [5, 5.41) is 15.1. The van der Waals surface area contributed by atoms with Gasteiger partial charge in [-0.15, -0.1) is 0 Å². The normalized spacial score (nSPS) is 14.3. The van der Waals surface area contributed by atoms with E-state index in [9.17, 15) is 9.59 Å². The molecule has 1 saturated heterocycles. The standard InChI is InChI=1S/C28H35FN4O5/c1-4-19(3)28(27-23(29)16-22(38-15-12-34)17-24(27)30-5-2)32-21-8-6-20(7-9-21)31-25(35)18-26(36)33-10-13-37-14-11-33/h5-9,16-17,32,34H,4,10-15,18H2,1-3H3,(H,31,35). The predicted octanol–water partition coefficient (Wildman–Crippen LogP) is 4.36. The summed E-state index contributed by atoms with van der Waals surface area (Å²) in [4.78, 5) is 30.7. The Morgan fingerprint density at radius 3 is 2.42 bits per heavy atom. The molecular weight excluding hydrogens is 491 g/mol. The maximum atomic E-state index is 15.4. The first-order chi connectivity index (χ1) is 18.4. The molecule has 3 rings (SSSR count). The summed E-state index contributed by atoms with van der Waals surface area (Å²) in [7, 11) is 0. The molecular formula is C28H35FN4O5. The number of ether oxygens (including phenoxy) is 2. The second-order valence-corrected chi connectivity index (χ2v) is 8.69. The van der Waals surface area contributed by atoms with Gasteiger partial charge in [0.2, 0.25) is 11.8 Å². The number of allylic oxidation sites excluding steroid dienone is 1. The second kappa shape index (κ2) is 14.3. The van der Waals surface area contributed by atoms with Gasteiger partial charge in [0, 0.05) is 48.5 Å². The molecule has 0 aliphatic carbocycles. The minimum atomic E-state index is -0.509. The van der Waals surface area contributed by atoms with Crippen LogP contribution in [0.2, 0.25) is 0 Å². The molecule has 0 aromatic heterocycles. The number of aliphatic imine (C=N–C) groups is 1. The van der Waals surface area contributed by atoms with Gasteiger partial charge in [0.05, 0.1) is 31.1 Å². The van der Waals surface area contributed by atoms with E-state index in [0.29, 0.717) is 61.0 Å². The number of benzene rings is 2. The zero-order valence-corrected chi connectivity index (χ0v) is 22.1. The van der Waals surface area contributed by atoms with Crippen LogP contribution >= 0.6 is 0 Å². The molecule has 204 valence electrons. The van der Waals surface area contributed by atoms with Crippen molar-refractivity contribution < 1.29 is 28.6 Å². The zero-order valence-electron chi connectivity index (χ0n) is 22.1. The van der Waals surface area contributed by atoms with Crippen LogP contribution in [0.3, 0.4) is 0 Å². The van der Waals surface area contributed by atoms with Crippen LogP contribution in [-0.4, -0.2) is 67.6 Å². The van der Waals surface area contributed by atoms with Gasteiger partial charge in [-0.1, -0.05) is 6.92 Å². The molecule has 9 nitrogen and oxygen atoms in total. The minimum absolute atomic E-state index is 0.0489. The largest absolute Gasteiger partial charge is 0.491 e. The van der Waals surface area contributed by atoms with Crippen molar-refractivity contribution in [1.82, 2.24) is 4.90 Å². The smallest absolute Gasteiger partial charge is 0.233 e. The topological polar surface area (TPSA) is 112 Å². The number of carbonyl (C=O) groups is 2. The summed E-state index contributed by atoms with van der Waals surface area (Å²) in [6.45, 7) is 7.44. The number of aliphatic hydroxyl groups excluding tert-OH is 1. The molecule has 0 radical (unpaired) electrons. The molecule has 0 saturated carbocycles. The summed E-state index contributed by atoms with van der Waals surface area (Å²) in [5.41, 5.74) is 3.41. The van der Waals surface area contributed by atoms with Crippen LogP contribution < -0.4 is 15.4 Å². The molecule has 1 heterocycles. The Morgan fingerprint density at radius 1 is 1.16 bits per heavy atom. The highest BCUT2D eigenvalue weighted by atomic mass is 19.1. The predicted molar refractivity (Wildman–Crippen MR) is 146 cm³/mol. The fraction of sp³-hybridized carbons (Fsp3) is 0.393. The van der Waals surface area contributed by atoms with Crippen LogP contribution in [0.1, 0.15) is 39.2 Å². The van der Waals surface area contributed by atoms with E-state index in [1.165, 1.54) is 6.07 Å². The lowest BCUT2D eigenvalue weighted by Crippen LogP contribution is -2.41. The third-order valence-electron chi connectivity index (χ3n) is 5.99. The SMILES string of the molecule is CC=Nc1cc(OCCO)cc(F)c1C(Nc1ccc(NC(=O)CC(=O)N2CCOCC2)cc1)=C(C)CC. The summed E-state index contributed by atoms with van der Waals surface area (Å²) < 4.78 is 26.0. The molecule has 2 aromatic rings. The first kappa shape index (κ1) is 28.8. The van der Waals surface area contributed by atoms with Gasteiger partial charge >= 0.3 is 0 Å². The summed E-state index contributed by atoms with van der Waals surface area (Å²) in [5.74, 6) is -0.849. The van der Waals surface area contributed by atoms with Gasteiger partial charge in [0.15, 0.2) is 0 Å². The molecule has 2 amide bonds. The lowest BCUT2D eigenvalue weighted by Gasteiger charge is -2.26. The van der Waals surface area contributed by atoms with Gasteiger partial charge in [-0.05, 0) is 50.1 Å². The number of aliphatic hydroxyl groups is 1. The monoisotopic (exact) mass is 526 g/mol. The number of hydrogen-bond acceptors (Lipinski definition) is 7. The number of nitrogens with one attached hydrogen (secondary N) is 2. The van der Waals surface area contributed by atoms with E-state index in [4.69, 9.17) is 14.6 Å². The summed E-state index contributed by atoms with van der Waals surface area (Å²) >= 11 is 0. The van der Waals surface area contributed by atoms with Crippen LogP contribution in [0.4, 0.5) is 21.5 Å². The van der Waals surface area contributed by atoms with Gasteiger partial charge < -0.3 is 30.1 Å². The quantitative estimate of drug-likeness (QED) is 0.296. The Kier molecular flexibility index (Phi) is 10.8. The van der Waals surface area contributed by atoms with E-state index in [-0.39, 0.29) is 31.3 Å². The van der Waals surface area contributed by atoms with E-state index in [0.717, 1.165) is 5.57 Å². The molecule has 0 spiro atoms. The van der Waals surface area contributed by atoms with Crippen LogP contribution in [0.5, 0.6) is 5.75 Å². The molecule has 1 aliphatic heterocycles. The molecule has 10 heteroatoms. The maximum Gasteiger partial charge on any atom is 0.233 e. The number of nitrogens with zero attached hydrogens (tertiary/aromatic N) is 2. The maximum absolute atomic E-state index is 15.4. The van der Waals surface area contributed by atoms with Crippen molar-refractivity contribution in [3.8, 4) is 5.75 Å². The van der Waals surface area contributed by atoms with Gasteiger partial charge in [0.1, 0.15) is 24.6 Å². The van der Waals surface area contributed by atoms with Crippen molar-refractivity contribution in [3.05, 3.63) is 53.4 Å². The van der Waals surface area contributed by atoms with E-state index in [2.05, 4.69) is 15.6 Å². The molecule has 2 aromatic carbocycles. The summed E-state index contributed by atoms with van der Waals surface area (Å²) in [6.07, 6.45) is 2.01. The number of carbonyl (C=O) groups excluding carboxylic acids is 2. The fourth-order valence-electron chi connectivity index (χ4n) is 3.91. The molecule has 3 N–H and O–H groups in total. The highest BCUT2D eigenvalue weighted by Crippen LogP contribution is 2.36. The number of hydrogen-bond donors (Lipinski definition) is 3. The number of anilines is 2. The number of halogens is 1. The molecule has 38 heavy (non-hydrogen) atoms. The van der Waals surface area contributed by atoms with Crippen molar-refractivity contribution in [2.75, 3.05) is 50.2 Å². The molecule has 1 fully saturated rings. The Labute approximate surface area is 222 Å². The lowest BCUT2D eigenvalue weighted by molar-refractivity contribution is -0.138. The Hall–Kier alpha value is -3.76. The average Bonchev–Trinajstić information content (AvgIpc) is 2.92. The van der Waals surface area contributed by atoms with Crippen LogP contribution in [0.25, 0.3) is 5.70 Å². The molecule has 0 unspecified atom stereocenters. The highest BCUT2D eigenvalue weighted by molar-refractivity contribution is 6.03. The van der Waals surface area contributed by atoms with Crippen molar-refractivity contribution in [2.24, 2.45) is 4.99 Å². The summed E-state index contributed by atoms with van der Waals surface area (Å²) in [6, 6.07) is 9.87. The van der Waals surface area contributed by atoms with Gasteiger partial charge in [-0.25, -0.2) is 4.39 Å². The van der Waals surface area contributed by atoms with Crippen LogP contribution in [0, 0.1) is 5.82 Å². The average molecular weight is 527 g/mol. The van der Waals surface area contributed by atoms with Gasteiger partial charge in [-0.3, -0.25) is 14.6 Å². The highest BCUT2D eigenvalue weighted by Gasteiger charge is 2.20. The second-order valence-electron chi connectivity index (χ2n) is 8.69. The third-order valence-corrected chi connectivity index (χ3v) is 5.99. The van der Waals surface area contributed by atoms with E-state index in [1.807, 2.05) is 13.8 Å². The lowest BCUT2D eigenvalue weighted by atomic mass is 10.0. The van der Waals surface area contributed by atoms with E-state index >= 15 is 4.39 Å². The first-order valence-electron chi connectivity index (χ1n) is 12.6. The fourth-order valence-corrected chi connectivity index (χ4v) is 3.91. The van der Waals surface area contributed by atoms with Crippen molar-refractivity contribution in [3.63, 3.8) is 0 Å². The van der Waals surface area contributed by atoms with Crippen molar-refractivity contribution in [1.29, 1.82) is 0 Å². The van der Waals surface area contributed by atoms with Gasteiger partial charge in [-0.2, -0.15) is 0 Å². The minimum Gasteiger partial charge on any atom is -0.491 e. The molecule has 0 atom stereocenters. The zero-order chi connectivity index (χ0) is 27.5. The number of rotatable bonds is 11.